The van der Waals surface area contributed by atoms with E-state index in [1.165, 1.54) is 0 Å². The van der Waals surface area contributed by atoms with Crippen LogP contribution in [-0.2, 0) is 9.53 Å². The van der Waals surface area contributed by atoms with Gasteiger partial charge in [0.05, 0.1) is 18.6 Å². The summed E-state index contributed by atoms with van der Waals surface area (Å²) in [5, 5.41) is 3.31. The van der Waals surface area contributed by atoms with Crippen LogP contribution in [0.2, 0.25) is 0 Å². The fourth-order valence-corrected chi connectivity index (χ4v) is 2.79. The number of methoxy groups -OCH3 is 1. The molecule has 2 rings (SSSR count). The Morgan fingerprint density at radius 2 is 2.31 bits per heavy atom. The summed E-state index contributed by atoms with van der Waals surface area (Å²) in [5.41, 5.74) is 0. The zero-order chi connectivity index (χ0) is 11.4. The number of likely N-dealkylation sites (tertiary alicyclic amines) is 1. The molecule has 0 spiro atoms. The van der Waals surface area contributed by atoms with Gasteiger partial charge in [-0.25, -0.2) is 0 Å². The minimum absolute atomic E-state index is 0.200. The molecule has 2 fully saturated rings. The quantitative estimate of drug-likeness (QED) is 0.767. The predicted octanol–water partition coefficient (Wildman–Crippen LogP) is 0.623. The lowest BCUT2D eigenvalue weighted by Gasteiger charge is -2.30. The first-order valence-corrected chi connectivity index (χ1v) is 6.33. The van der Waals surface area contributed by atoms with Gasteiger partial charge in [-0.05, 0) is 32.2 Å². The molecule has 0 bridgehead atoms. The highest BCUT2D eigenvalue weighted by molar-refractivity contribution is 5.79. The molecule has 16 heavy (non-hydrogen) atoms. The highest BCUT2D eigenvalue weighted by Gasteiger charge is 2.33. The molecule has 0 saturated carbocycles. The van der Waals surface area contributed by atoms with E-state index in [4.69, 9.17) is 4.74 Å². The van der Waals surface area contributed by atoms with E-state index in [0.717, 1.165) is 45.3 Å². The molecule has 1 amide bonds. The SMILES string of the molecule is COC[C@H]1CCCN1C(=O)[C@@H]1CCCNC1. The maximum absolute atomic E-state index is 12.3. The molecule has 2 saturated heterocycles. The molecule has 0 aromatic rings. The Kier molecular flexibility index (Phi) is 4.18. The fraction of sp³-hybridized carbons (Fsp3) is 0.917. The van der Waals surface area contributed by atoms with Crippen molar-refractivity contribution in [3.63, 3.8) is 0 Å². The molecular formula is C12H22N2O2. The lowest BCUT2D eigenvalue weighted by molar-refractivity contribution is -0.137. The van der Waals surface area contributed by atoms with Gasteiger partial charge in [0.15, 0.2) is 0 Å². The lowest BCUT2D eigenvalue weighted by atomic mass is 9.98. The maximum Gasteiger partial charge on any atom is 0.227 e. The molecule has 0 aromatic carbocycles. The molecule has 2 aliphatic rings. The van der Waals surface area contributed by atoms with Crippen LogP contribution in [0.5, 0.6) is 0 Å². The predicted molar refractivity (Wildman–Crippen MR) is 62.2 cm³/mol. The lowest BCUT2D eigenvalue weighted by Crippen LogP contribution is -2.46. The van der Waals surface area contributed by atoms with Crippen molar-refractivity contribution in [2.24, 2.45) is 5.92 Å². The molecule has 2 heterocycles. The second-order valence-corrected chi connectivity index (χ2v) is 4.83. The Balaban J connectivity index is 1.91. The average Bonchev–Trinajstić information content (AvgIpc) is 2.78. The van der Waals surface area contributed by atoms with Gasteiger partial charge in [-0.1, -0.05) is 0 Å². The molecule has 92 valence electrons. The molecule has 2 aliphatic heterocycles. The number of amides is 1. The number of carbonyl (C=O) groups is 1. The van der Waals surface area contributed by atoms with Crippen molar-refractivity contribution in [1.29, 1.82) is 0 Å². The minimum Gasteiger partial charge on any atom is -0.383 e. The summed E-state index contributed by atoms with van der Waals surface area (Å²) in [6.07, 6.45) is 4.39. The van der Waals surface area contributed by atoms with Gasteiger partial charge in [-0.3, -0.25) is 4.79 Å². The van der Waals surface area contributed by atoms with Gasteiger partial charge in [0.2, 0.25) is 5.91 Å². The Hall–Kier alpha value is -0.610. The molecule has 2 atom stereocenters. The van der Waals surface area contributed by atoms with Crippen LogP contribution in [0.15, 0.2) is 0 Å². The number of ether oxygens (including phenoxy) is 1. The summed E-state index contributed by atoms with van der Waals surface area (Å²) < 4.78 is 5.18. The van der Waals surface area contributed by atoms with Crippen molar-refractivity contribution in [2.75, 3.05) is 33.4 Å². The van der Waals surface area contributed by atoms with Gasteiger partial charge in [0, 0.05) is 20.2 Å². The number of hydrogen-bond acceptors (Lipinski definition) is 3. The Bertz CT molecular complexity index is 239. The van der Waals surface area contributed by atoms with Crippen molar-refractivity contribution in [1.82, 2.24) is 10.2 Å². The van der Waals surface area contributed by atoms with Crippen molar-refractivity contribution in [2.45, 2.75) is 31.7 Å². The van der Waals surface area contributed by atoms with E-state index in [-0.39, 0.29) is 5.92 Å². The van der Waals surface area contributed by atoms with Crippen LogP contribution in [0.3, 0.4) is 0 Å². The molecule has 0 unspecified atom stereocenters. The minimum atomic E-state index is 0.200. The topological polar surface area (TPSA) is 41.6 Å². The maximum atomic E-state index is 12.3. The van der Waals surface area contributed by atoms with Crippen LogP contribution < -0.4 is 5.32 Å². The fourth-order valence-electron chi connectivity index (χ4n) is 2.79. The van der Waals surface area contributed by atoms with Crippen LogP contribution >= 0.6 is 0 Å². The van der Waals surface area contributed by atoms with Gasteiger partial charge in [0.1, 0.15) is 0 Å². The van der Waals surface area contributed by atoms with Crippen LogP contribution in [0.1, 0.15) is 25.7 Å². The van der Waals surface area contributed by atoms with Crippen molar-refractivity contribution in [3.05, 3.63) is 0 Å². The first-order valence-electron chi connectivity index (χ1n) is 6.33. The van der Waals surface area contributed by atoms with Crippen molar-refractivity contribution < 1.29 is 9.53 Å². The van der Waals surface area contributed by atoms with E-state index in [1.54, 1.807) is 7.11 Å². The van der Waals surface area contributed by atoms with Crippen LogP contribution in [0, 0.1) is 5.92 Å². The summed E-state index contributed by atoms with van der Waals surface area (Å²) in [6.45, 7) is 3.52. The van der Waals surface area contributed by atoms with Crippen LogP contribution in [0.4, 0.5) is 0 Å². The normalized spacial score (nSPS) is 30.7. The molecule has 0 aliphatic carbocycles. The second kappa shape index (κ2) is 5.64. The number of carbonyl (C=O) groups excluding carboxylic acids is 1. The van der Waals surface area contributed by atoms with E-state index >= 15 is 0 Å². The summed E-state index contributed by atoms with van der Waals surface area (Å²) >= 11 is 0. The van der Waals surface area contributed by atoms with Crippen molar-refractivity contribution in [3.8, 4) is 0 Å². The number of nitrogens with zero attached hydrogens (tertiary/aromatic N) is 1. The zero-order valence-corrected chi connectivity index (χ0v) is 10.1. The van der Waals surface area contributed by atoms with Gasteiger partial charge in [0.25, 0.3) is 0 Å². The summed E-state index contributed by atoms with van der Waals surface area (Å²) in [4.78, 5) is 14.4. The zero-order valence-electron chi connectivity index (χ0n) is 10.1. The largest absolute Gasteiger partial charge is 0.383 e. The van der Waals surface area contributed by atoms with E-state index in [9.17, 15) is 4.79 Å². The average molecular weight is 226 g/mol. The first-order chi connectivity index (χ1) is 7.83. The molecule has 1 N–H and O–H groups in total. The van der Waals surface area contributed by atoms with Gasteiger partial charge >= 0.3 is 0 Å². The third-order valence-electron chi connectivity index (χ3n) is 3.67. The first kappa shape index (κ1) is 11.9. The van der Waals surface area contributed by atoms with Crippen LogP contribution in [0.25, 0.3) is 0 Å². The van der Waals surface area contributed by atoms with E-state index in [2.05, 4.69) is 5.32 Å². The third kappa shape index (κ3) is 2.55. The summed E-state index contributed by atoms with van der Waals surface area (Å²) in [5.74, 6) is 0.540. The monoisotopic (exact) mass is 226 g/mol. The van der Waals surface area contributed by atoms with E-state index in [0.29, 0.717) is 18.6 Å². The number of nitrogens with one attached hydrogen (secondary N) is 1. The smallest absolute Gasteiger partial charge is 0.227 e. The van der Waals surface area contributed by atoms with Crippen molar-refractivity contribution >= 4 is 5.91 Å². The molecular weight excluding hydrogens is 204 g/mol. The molecule has 4 nitrogen and oxygen atoms in total. The third-order valence-corrected chi connectivity index (χ3v) is 3.67. The number of piperidine rings is 1. The highest BCUT2D eigenvalue weighted by atomic mass is 16.5. The van der Waals surface area contributed by atoms with Crippen LogP contribution in [-0.4, -0.2) is 50.2 Å². The summed E-state index contributed by atoms with van der Waals surface area (Å²) in [6, 6.07) is 0.319. The van der Waals surface area contributed by atoms with Gasteiger partial charge in [-0.15, -0.1) is 0 Å². The molecule has 0 radical (unpaired) electrons. The Morgan fingerprint density at radius 3 is 3.00 bits per heavy atom. The van der Waals surface area contributed by atoms with E-state index < -0.39 is 0 Å². The second-order valence-electron chi connectivity index (χ2n) is 4.83. The Labute approximate surface area is 97.3 Å². The number of hydrogen-bond donors (Lipinski definition) is 1. The van der Waals surface area contributed by atoms with Gasteiger partial charge < -0.3 is 15.0 Å². The van der Waals surface area contributed by atoms with Gasteiger partial charge in [-0.2, -0.15) is 0 Å². The summed E-state index contributed by atoms with van der Waals surface area (Å²) in [7, 11) is 1.71. The molecule has 4 heteroatoms. The standard InChI is InChI=1S/C12H22N2O2/c1-16-9-11-5-3-7-14(11)12(15)10-4-2-6-13-8-10/h10-11,13H,2-9H2,1H3/t10-,11-/m1/s1. The molecule has 0 aromatic heterocycles. The highest BCUT2D eigenvalue weighted by Crippen LogP contribution is 2.22. The number of rotatable bonds is 3. The van der Waals surface area contributed by atoms with E-state index in [1.807, 2.05) is 4.90 Å². The Morgan fingerprint density at radius 1 is 1.44 bits per heavy atom.